The summed E-state index contributed by atoms with van der Waals surface area (Å²) in [4.78, 5) is 0. The quantitative estimate of drug-likeness (QED) is 0.512. The molecule has 6 heteroatoms. The molecule has 1 rings (SSSR count). The SMILES string of the molecule is C=CCCNS(=O)(=O)N1CCOCC1. The minimum absolute atomic E-state index is 0.406. The Hall–Kier alpha value is -0.430. The normalized spacial score (nSPS) is 19.4. The number of morpholine rings is 1. The number of hydrogen-bond donors (Lipinski definition) is 1. The number of hydrogen-bond acceptors (Lipinski definition) is 3. The second kappa shape index (κ2) is 5.45. The molecule has 0 radical (unpaired) electrons. The lowest BCUT2D eigenvalue weighted by Crippen LogP contribution is -2.46. The van der Waals surface area contributed by atoms with Gasteiger partial charge in [-0.25, -0.2) is 4.72 Å². The largest absolute Gasteiger partial charge is 0.379 e. The second-order valence-corrected chi connectivity index (χ2v) is 4.74. The molecule has 1 heterocycles. The zero-order chi connectivity index (χ0) is 10.4. The minimum atomic E-state index is -3.30. The van der Waals surface area contributed by atoms with E-state index in [1.165, 1.54) is 4.31 Å². The van der Waals surface area contributed by atoms with E-state index in [4.69, 9.17) is 4.74 Å². The molecule has 14 heavy (non-hydrogen) atoms. The van der Waals surface area contributed by atoms with Gasteiger partial charge in [0.25, 0.3) is 10.2 Å². The summed E-state index contributed by atoms with van der Waals surface area (Å²) in [6.45, 7) is 5.75. The fraction of sp³-hybridized carbons (Fsp3) is 0.750. The first kappa shape index (κ1) is 11.6. The Morgan fingerprint density at radius 3 is 2.64 bits per heavy atom. The van der Waals surface area contributed by atoms with Gasteiger partial charge in [0.2, 0.25) is 0 Å². The van der Waals surface area contributed by atoms with E-state index in [9.17, 15) is 8.42 Å². The summed E-state index contributed by atoms with van der Waals surface area (Å²) < 4.78 is 32.1. The van der Waals surface area contributed by atoms with Crippen molar-refractivity contribution in [3.63, 3.8) is 0 Å². The monoisotopic (exact) mass is 220 g/mol. The van der Waals surface area contributed by atoms with Crippen molar-refractivity contribution in [2.24, 2.45) is 0 Å². The standard InChI is InChI=1S/C8H16N2O3S/c1-2-3-4-9-14(11,12)10-5-7-13-8-6-10/h2,9H,1,3-8H2. The van der Waals surface area contributed by atoms with E-state index in [1.807, 2.05) is 0 Å². The molecule has 1 aliphatic rings. The summed E-state index contributed by atoms with van der Waals surface area (Å²) in [5, 5.41) is 0. The van der Waals surface area contributed by atoms with Crippen LogP contribution in [0, 0.1) is 0 Å². The van der Waals surface area contributed by atoms with Crippen LogP contribution < -0.4 is 4.72 Å². The van der Waals surface area contributed by atoms with Gasteiger partial charge >= 0.3 is 0 Å². The van der Waals surface area contributed by atoms with Crippen molar-refractivity contribution in [1.29, 1.82) is 0 Å². The van der Waals surface area contributed by atoms with Gasteiger partial charge in [0.1, 0.15) is 0 Å². The lowest BCUT2D eigenvalue weighted by molar-refractivity contribution is 0.0725. The van der Waals surface area contributed by atoms with Crippen molar-refractivity contribution in [1.82, 2.24) is 9.03 Å². The van der Waals surface area contributed by atoms with E-state index in [0.29, 0.717) is 39.3 Å². The zero-order valence-corrected chi connectivity index (χ0v) is 8.92. The highest BCUT2D eigenvalue weighted by molar-refractivity contribution is 7.87. The summed E-state index contributed by atoms with van der Waals surface area (Å²) in [5.41, 5.74) is 0. The first-order valence-electron chi connectivity index (χ1n) is 4.60. The van der Waals surface area contributed by atoms with Crippen LogP contribution in [0.15, 0.2) is 12.7 Å². The molecule has 1 N–H and O–H groups in total. The molecule has 1 saturated heterocycles. The number of nitrogens with one attached hydrogen (secondary N) is 1. The van der Waals surface area contributed by atoms with Gasteiger partial charge in [-0.3, -0.25) is 0 Å². The van der Waals surface area contributed by atoms with E-state index in [2.05, 4.69) is 11.3 Å². The molecule has 1 aliphatic heterocycles. The van der Waals surface area contributed by atoms with Gasteiger partial charge in [-0.05, 0) is 6.42 Å². The van der Waals surface area contributed by atoms with E-state index in [1.54, 1.807) is 6.08 Å². The second-order valence-electron chi connectivity index (χ2n) is 2.99. The lowest BCUT2D eigenvalue weighted by Gasteiger charge is -2.25. The third-order valence-electron chi connectivity index (χ3n) is 1.94. The van der Waals surface area contributed by atoms with Crippen LogP contribution >= 0.6 is 0 Å². The Morgan fingerprint density at radius 1 is 1.43 bits per heavy atom. The van der Waals surface area contributed by atoms with Crippen LogP contribution in [-0.4, -0.2) is 45.6 Å². The number of rotatable bonds is 5. The third-order valence-corrected chi connectivity index (χ3v) is 3.56. The summed E-state index contributed by atoms with van der Waals surface area (Å²) in [5.74, 6) is 0. The molecule has 0 aromatic rings. The van der Waals surface area contributed by atoms with Crippen LogP contribution in [0.2, 0.25) is 0 Å². The molecule has 0 spiro atoms. The highest BCUT2D eigenvalue weighted by atomic mass is 32.2. The molecule has 0 saturated carbocycles. The summed E-state index contributed by atoms with van der Waals surface area (Å²) in [6, 6.07) is 0. The maximum Gasteiger partial charge on any atom is 0.279 e. The van der Waals surface area contributed by atoms with Gasteiger partial charge < -0.3 is 4.74 Å². The predicted molar refractivity (Wildman–Crippen MR) is 54.1 cm³/mol. The maximum absolute atomic E-state index is 11.6. The van der Waals surface area contributed by atoms with Crippen LogP contribution in [0.25, 0.3) is 0 Å². The van der Waals surface area contributed by atoms with Crippen LogP contribution in [0.1, 0.15) is 6.42 Å². The molecule has 1 fully saturated rings. The van der Waals surface area contributed by atoms with Crippen molar-refractivity contribution in [2.45, 2.75) is 6.42 Å². The molecule has 82 valence electrons. The third kappa shape index (κ3) is 3.38. The van der Waals surface area contributed by atoms with Crippen molar-refractivity contribution >= 4 is 10.2 Å². The molecular weight excluding hydrogens is 204 g/mol. The summed E-state index contributed by atoms with van der Waals surface area (Å²) in [7, 11) is -3.30. The Kier molecular flexibility index (Phi) is 4.53. The molecule has 0 amide bonds. The smallest absolute Gasteiger partial charge is 0.279 e. The van der Waals surface area contributed by atoms with Gasteiger partial charge in [0, 0.05) is 19.6 Å². The summed E-state index contributed by atoms with van der Waals surface area (Å²) in [6.07, 6.45) is 2.32. The van der Waals surface area contributed by atoms with Crippen molar-refractivity contribution in [3.8, 4) is 0 Å². The summed E-state index contributed by atoms with van der Waals surface area (Å²) >= 11 is 0. The Labute approximate surface area is 84.9 Å². The van der Waals surface area contributed by atoms with E-state index in [0.717, 1.165) is 0 Å². The molecule has 0 aromatic carbocycles. The van der Waals surface area contributed by atoms with Crippen molar-refractivity contribution in [2.75, 3.05) is 32.8 Å². The lowest BCUT2D eigenvalue weighted by atomic mass is 10.4. The fourth-order valence-corrected chi connectivity index (χ4v) is 2.36. The zero-order valence-electron chi connectivity index (χ0n) is 8.11. The average Bonchev–Trinajstić information content (AvgIpc) is 2.19. The minimum Gasteiger partial charge on any atom is -0.379 e. The Bertz CT molecular complexity index is 270. The van der Waals surface area contributed by atoms with E-state index < -0.39 is 10.2 Å². The first-order chi connectivity index (χ1) is 6.67. The van der Waals surface area contributed by atoms with Gasteiger partial charge in [0.15, 0.2) is 0 Å². The topological polar surface area (TPSA) is 58.6 Å². The van der Waals surface area contributed by atoms with Gasteiger partial charge in [0.05, 0.1) is 13.2 Å². The number of nitrogens with zero attached hydrogens (tertiary/aromatic N) is 1. The van der Waals surface area contributed by atoms with Gasteiger partial charge in [-0.15, -0.1) is 6.58 Å². The maximum atomic E-state index is 11.6. The molecule has 0 unspecified atom stereocenters. The highest BCUT2D eigenvalue weighted by Crippen LogP contribution is 2.02. The van der Waals surface area contributed by atoms with Gasteiger partial charge in [-0.1, -0.05) is 6.08 Å². The Balaban J connectivity index is 2.42. The molecule has 0 aromatic heterocycles. The highest BCUT2D eigenvalue weighted by Gasteiger charge is 2.22. The molecule has 5 nitrogen and oxygen atoms in total. The average molecular weight is 220 g/mol. The molecular formula is C8H16N2O3S. The molecule has 0 bridgehead atoms. The number of ether oxygens (including phenoxy) is 1. The van der Waals surface area contributed by atoms with Crippen LogP contribution in [0.3, 0.4) is 0 Å². The van der Waals surface area contributed by atoms with Crippen LogP contribution in [-0.2, 0) is 14.9 Å². The van der Waals surface area contributed by atoms with Gasteiger partial charge in [-0.2, -0.15) is 12.7 Å². The predicted octanol–water partition coefficient (Wildman–Crippen LogP) is -0.271. The molecule has 0 atom stereocenters. The van der Waals surface area contributed by atoms with Crippen LogP contribution in [0.4, 0.5) is 0 Å². The fourth-order valence-electron chi connectivity index (χ4n) is 1.17. The first-order valence-corrected chi connectivity index (χ1v) is 6.04. The Morgan fingerprint density at radius 2 is 2.07 bits per heavy atom. The molecule has 0 aliphatic carbocycles. The van der Waals surface area contributed by atoms with Crippen LogP contribution in [0.5, 0.6) is 0 Å². The van der Waals surface area contributed by atoms with Crippen molar-refractivity contribution < 1.29 is 13.2 Å². The van der Waals surface area contributed by atoms with E-state index in [-0.39, 0.29) is 0 Å². The van der Waals surface area contributed by atoms with E-state index >= 15 is 0 Å². The van der Waals surface area contributed by atoms with Crippen molar-refractivity contribution in [3.05, 3.63) is 12.7 Å².